The first-order valence-corrected chi connectivity index (χ1v) is 9.38. The SMILES string of the molecule is CCOC(=O)c1ccc(-n2c(C)cc(C=Nc3oc(C)c(C)c3C#N)c2C)cc1. The van der Waals surface area contributed by atoms with Gasteiger partial charge in [-0.1, -0.05) is 0 Å². The minimum absolute atomic E-state index is 0.325. The second-order valence-corrected chi connectivity index (χ2v) is 6.76. The number of hydrogen-bond donors (Lipinski definition) is 0. The molecule has 3 rings (SSSR count). The zero-order chi connectivity index (χ0) is 21.1. The van der Waals surface area contributed by atoms with Crippen molar-refractivity contribution in [3.05, 3.63) is 69.7 Å². The van der Waals surface area contributed by atoms with E-state index in [1.54, 1.807) is 25.3 Å². The monoisotopic (exact) mass is 389 g/mol. The summed E-state index contributed by atoms with van der Waals surface area (Å²) in [6, 6.07) is 11.5. The Kier molecular flexibility index (Phi) is 5.69. The Balaban J connectivity index is 1.92. The molecule has 0 aliphatic heterocycles. The lowest BCUT2D eigenvalue weighted by molar-refractivity contribution is 0.0526. The first-order chi connectivity index (χ1) is 13.9. The van der Waals surface area contributed by atoms with E-state index in [-0.39, 0.29) is 5.97 Å². The van der Waals surface area contributed by atoms with Crippen LogP contribution < -0.4 is 0 Å². The summed E-state index contributed by atoms with van der Waals surface area (Å²) in [5.41, 5.74) is 5.68. The van der Waals surface area contributed by atoms with Gasteiger partial charge in [0.05, 0.1) is 12.2 Å². The van der Waals surface area contributed by atoms with E-state index >= 15 is 0 Å². The van der Waals surface area contributed by atoms with Gasteiger partial charge in [-0.15, -0.1) is 0 Å². The fourth-order valence-electron chi connectivity index (χ4n) is 3.24. The molecule has 29 heavy (non-hydrogen) atoms. The first kappa shape index (κ1) is 20.2. The Morgan fingerprint density at radius 2 is 1.93 bits per heavy atom. The molecule has 0 spiro atoms. The average molecular weight is 389 g/mol. The normalized spacial score (nSPS) is 11.0. The maximum absolute atomic E-state index is 11.9. The molecule has 0 saturated carbocycles. The molecule has 2 aromatic heterocycles. The quantitative estimate of drug-likeness (QED) is 0.449. The van der Waals surface area contributed by atoms with Crippen LogP contribution in [0, 0.1) is 39.0 Å². The van der Waals surface area contributed by atoms with Crippen molar-refractivity contribution in [1.82, 2.24) is 4.57 Å². The number of carbonyl (C=O) groups excluding carboxylic acids is 1. The third-order valence-electron chi connectivity index (χ3n) is 4.91. The van der Waals surface area contributed by atoms with Crippen molar-refractivity contribution in [2.45, 2.75) is 34.6 Å². The highest BCUT2D eigenvalue weighted by molar-refractivity contribution is 5.89. The van der Waals surface area contributed by atoms with E-state index in [2.05, 4.69) is 15.6 Å². The number of aryl methyl sites for hydroxylation is 2. The standard InChI is InChI=1S/C23H23N3O3/c1-6-28-23(27)18-7-9-20(10-8-18)26-14(2)11-19(16(26)4)13-25-22-21(12-24)15(3)17(5)29-22/h7-11,13H,6H2,1-5H3. The van der Waals surface area contributed by atoms with Crippen LogP contribution in [-0.4, -0.2) is 23.4 Å². The molecule has 0 aliphatic carbocycles. The maximum Gasteiger partial charge on any atom is 0.338 e. The number of benzene rings is 1. The molecule has 0 amide bonds. The van der Waals surface area contributed by atoms with Crippen molar-refractivity contribution in [1.29, 1.82) is 5.26 Å². The van der Waals surface area contributed by atoms with Gasteiger partial charge < -0.3 is 13.7 Å². The third kappa shape index (κ3) is 3.85. The van der Waals surface area contributed by atoms with Gasteiger partial charge in [0.15, 0.2) is 0 Å². The zero-order valence-corrected chi connectivity index (χ0v) is 17.2. The van der Waals surface area contributed by atoms with Crippen LogP contribution in [0.25, 0.3) is 5.69 Å². The van der Waals surface area contributed by atoms with Crippen molar-refractivity contribution in [3.8, 4) is 11.8 Å². The molecule has 0 atom stereocenters. The van der Waals surface area contributed by atoms with Gasteiger partial charge in [0, 0.05) is 34.4 Å². The van der Waals surface area contributed by atoms with Crippen LogP contribution in [0.3, 0.4) is 0 Å². The molecule has 0 bridgehead atoms. The topological polar surface area (TPSA) is 80.5 Å². The summed E-state index contributed by atoms with van der Waals surface area (Å²) in [5.74, 6) is 0.692. The van der Waals surface area contributed by atoms with E-state index in [0.717, 1.165) is 28.2 Å². The van der Waals surface area contributed by atoms with Gasteiger partial charge in [0.2, 0.25) is 5.88 Å². The Morgan fingerprint density at radius 1 is 1.24 bits per heavy atom. The van der Waals surface area contributed by atoms with Crippen molar-refractivity contribution < 1.29 is 13.9 Å². The smallest absolute Gasteiger partial charge is 0.338 e. The molecule has 6 heteroatoms. The summed E-state index contributed by atoms with van der Waals surface area (Å²) in [6.07, 6.45) is 1.71. The Labute approximate surface area is 170 Å². The summed E-state index contributed by atoms with van der Waals surface area (Å²) in [5, 5.41) is 9.34. The molecule has 0 unspecified atom stereocenters. The molecule has 0 aliphatic rings. The lowest BCUT2D eigenvalue weighted by atomic mass is 10.2. The second-order valence-electron chi connectivity index (χ2n) is 6.76. The number of rotatable bonds is 5. The number of hydrogen-bond acceptors (Lipinski definition) is 5. The van der Waals surface area contributed by atoms with Gasteiger partial charge in [0.25, 0.3) is 0 Å². The number of nitrogens with zero attached hydrogens (tertiary/aromatic N) is 3. The van der Waals surface area contributed by atoms with Crippen molar-refractivity contribution in [3.63, 3.8) is 0 Å². The van der Waals surface area contributed by atoms with Gasteiger partial charge in [-0.25, -0.2) is 9.79 Å². The predicted molar refractivity (Wildman–Crippen MR) is 111 cm³/mol. The van der Waals surface area contributed by atoms with Crippen LogP contribution in [0.2, 0.25) is 0 Å². The van der Waals surface area contributed by atoms with E-state index in [1.165, 1.54) is 0 Å². The Morgan fingerprint density at radius 3 is 2.55 bits per heavy atom. The number of furan rings is 1. The van der Waals surface area contributed by atoms with Crippen molar-refractivity contribution in [2.75, 3.05) is 6.61 Å². The van der Waals surface area contributed by atoms with E-state index in [1.807, 2.05) is 45.9 Å². The summed E-state index contributed by atoms with van der Waals surface area (Å²) >= 11 is 0. The predicted octanol–water partition coefficient (Wildman–Crippen LogP) is 5.10. The molecule has 0 radical (unpaired) electrons. The van der Waals surface area contributed by atoms with Gasteiger partial charge in [-0.3, -0.25) is 0 Å². The van der Waals surface area contributed by atoms with Crippen LogP contribution in [0.15, 0.2) is 39.7 Å². The summed E-state index contributed by atoms with van der Waals surface area (Å²) in [7, 11) is 0. The summed E-state index contributed by atoms with van der Waals surface area (Å²) in [6.45, 7) is 9.81. The van der Waals surface area contributed by atoms with Crippen LogP contribution in [0.1, 0.15) is 51.1 Å². The molecule has 1 aromatic carbocycles. The first-order valence-electron chi connectivity index (χ1n) is 9.38. The Bertz CT molecular complexity index is 1130. The molecular formula is C23H23N3O3. The van der Waals surface area contributed by atoms with Crippen molar-refractivity contribution in [2.24, 2.45) is 4.99 Å². The molecule has 6 nitrogen and oxygen atoms in total. The lowest BCUT2D eigenvalue weighted by Crippen LogP contribution is -2.05. The number of carbonyl (C=O) groups is 1. The molecule has 0 N–H and O–H groups in total. The number of aliphatic imine (C=N–C) groups is 1. The summed E-state index contributed by atoms with van der Waals surface area (Å²) < 4.78 is 12.7. The average Bonchev–Trinajstić information content (AvgIpc) is 3.14. The van der Waals surface area contributed by atoms with Crippen molar-refractivity contribution >= 4 is 18.1 Å². The lowest BCUT2D eigenvalue weighted by Gasteiger charge is -2.10. The molecule has 148 valence electrons. The van der Waals surface area contributed by atoms with Gasteiger partial charge in [0.1, 0.15) is 17.4 Å². The zero-order valence-electron chi connectivity index (χ0n) is 17.2. The van der Waals surface area contributed by atoms with E-state index in [4.69, 9.17) is 9.15 Å². The molecule has 2 heterocycles. The van der Waals surface area contributed by atoms with Crippen LogP contribution in [0.4, 0.5) is 5.88 Å². The minimum Gasteiger partial charge on any atom is -0.462 e. The highest BCUT2D eigenvalue weighted by Crippen LogP contribution is 2.28. The molecule has 0 fully saturated rings. The Hall–Kier alpha value is -3.59. The highest BCUT2D eigenvalue weighted by Gasteiger charge is 2.14. The number of esters is 1. The summed E-state index contributed by atoms with van der Waals surface area (Å²) in [4.78, 5) is 16.3. The number of aromatic nitrogens is 1. The fourth-order valence-corrected chi connectivity index (χ4v) is 3.24. The second kappa shape index (κ2) is 8.19. The van der Waals surface area contributed by atoms with Crippen LogP contribution in [-0.2, 0) is 4.74 Å². The fraction of sp³-hybridized carbons (Fsp3) is 0.261. The minimum atomic E-state index is -0.329. The van der Waals surface area contributed by atoms with Gasteiger partial charge in [-0.2, -0.15) is 5.26 Å². The van der Waals surface area contributed by atoms with Gasteiger partial charge >= 0.3 is 5.97 Å². The molecule has 0 saturated heterocycles. The maximum atomic E-state index is 11.9. The molecule has 3 aromatic rings. The third-order valence-corrected chi connectivity index (χ3v) is 4.91. The highest BCUT2D eigenvalue weighted by atomic mass is 16.5. The molecular weight excluding hydrogens is 366 g/mol. The number of nitriles is 1. The van der Waals surface area contributed by atoms with E-state index in [9.17, 15) is 10.1 Å². The largest absolute Gasteiger partial charge is 0.462 e. The van der Waals surface area contributed by atoms with Crippen LogP contribution in [0.5, 0.6) is 0 Å². The van der Waals surface area contributed by atoms with Gasteiger partial charge in [-0.05, 0) is 65.0 Å². The number of ether oxygens (including phenoxy) is 1. The van der Waals surface area contributed by atoms with Crippen LogP contribution >= 0.6 is 0 Å². The van der Waals surface area contributed by atoms with E-state index < -0.39 is 0 Å². The van der Waals surface area contributed by atoms with E-state index in [0.29, 0.717) is 29.4 Å².